The summed E-state index contributed by atoms with van der Waals surface area (Å²) in [4.78, 5) is 0. The molecule has 1 atom stereocenters. The van der Waals surface area contributed by atoms with Crippen LogP contribution in [-0.4, -0.2) is 6.54 Å². The van der Waals surface area contributed by atoms with Crippen LogP contribution >= 0.6 is 0 Å². The highest BCUT2D eigenvalue weighted by Gasteiger charge is 2.21. The summed E-state index contributed by atoms with van der Waals surface area (Å²) in [5.74, 6) is 0. The number of rotatable bonds is 7. The van der Waals surface area contributed by atoms with Crippen molar-refractivity contribution in [1.29, 1.82) is 0 Å². The minimum Gasteiger partial charge on any atom is -0.307 e. The Morgan fingerprint density at radius 1 is 0.348 bits per heavy atom. The summed E-state index contributed by atoms with van der Waals surface area (Å²) in [6.07, 6.45) is 0. The zero-order valence-electron chi connectivity index (χ0n) is 26.0. The largest absolute Gasteiger partial charge is 0.307 e. The molecule has 7 aromatic carbocycles. The van der Waals surface area contributed by atoms with E-state index in [1.54, 1.807) is 0 Å². The van der Waals surface area contributed by atoms with E-state index >= 15 is 0 Å². The average Bonchev–Trinajstić information content (AvgIpc) is 3.99. The van der Waals surface area contributed by atoms with Gasteiger partial charge in [-0.05, 0) is 122 Å². The lowest BCUT2D eigenvalue weighted by Crippen LogP contribution is -1.89. The maximum atomic E-state index is 3.42. The van der Waals surface area contributed by atoms with Crippen molar-refractivity contribution in [2.24, 2.45) is 0 Å². The standard InChI is InChI=1S/C45H35N/c1-31-15-17-34(18-16-31)41-24-39(32-9-4-2-5-10-32)26-43(28-41)37-13-8-14-38(23-37)44-27-40(33-11-6-3-7-12-33)25-42(29-44)35-19-21-36(22-20-35)45-30-46-45/h2-29,45-46H,30H2,1H3. The normalized spacial score (nSPS) is 13.8. The van der Waals surface area contributed by atoms with Crippen molar-refractivity contribution < 1.29 is 0 Å². The quantitative estimate of drug-likeness (QED) is 0.184. The second-order valence-corrected chi connectivity index (χ2v) is 12.4. The molecule has 1 fully saturated rings. The predicted molar refractivity (Wildman–Crippen MR) is 195 cm³/mol. The van der Waals surface area contributed by atoms with Crippen LogP contribution in [0.4, 0.5) is 0 Å². The molecule has 0 aromatic heterocycles. The highest BCUT2D eigenvalue weighted by molar-refractivity contribution is 5.85. The minimum atomic E-state index is 0.509. The lowest BCUT2D eigenvalue weighted by atomic mass is 9.90. The highest BCUT2D eigenvalue weighted by atomic mass is 15.1. The van der Waals surface area contributed by atoms with E-state index in [1.807, 2.05) is 0 Å². The van der Waals surface area contributed by atoms with Gasteiger partial charge in [0.2, 0.25) is 0 Å². The molecule has 0 bridgehead atoms. The van der Waals surface area contributed by atoms with Crippen molar-refractivity contribution in [1.82, 2.24) is 5.32 Å². The molecular formula is C45H35N. The zero-order chi connectivity index (χ0) is 30.9. The van der Waals surface area contributed by atoms with Crippen molar-refractivity contribution >= 4 is 0 Å². The Labute approximate surface area is 271 Å². The van der Waals surface area contributed by atoms with Gasteiger partial charge in [-0.2, -0.15) is 0 Å². The molecule has 0 aliphatic carbocycles. The molecule has 0 amide bonds. The number of nitrogens with one attached hydrogen (secondary N) is 1. The minimum absolute atomic E-state index is 0.509. The molecule has 1 heteroatoms. The van der Waals surface area contributed by atoms with E-state index < -0.39 is 0 Å². The number of benzene rings is 7. The van der Waals surface area contributed by atoms with Crippen molar-refractivity contribution in [3.63, 3.8) is 0 Å². The maximum Gasteiger partial charge on any atom is 0.0447 e. The topological polar surface area (TPSA) is 21.9 Å². The predicted octanol–water partition coefficient (Wildman–Crippen LogP) is 11.6. The van der Waals surface area contributed by atoms with Crippen LogP contribution in [0.25, 0.3) is 66.8 Å². The molecule has 0 spiro atoms. The third kappa shape index (κ3) is 5.94. The molecule has 0 saturated carbocycles. The molecule has 8 rings (SSSR count). The maximum absolute atomic E-state index is 3.42. The first-order valence-electron chi connectivity index (χ1n) is 16.1. The van der Waals surface area contributed by atoms with Crippen LogP contribution in [0.5, 0.6) is 0 Å². The van der Waals surface area contributed by atoms with Gasteiger partial charge in [-0.25, -0.2) is 0 Å². The molecule has 1 aliphatic heterocycles. The Hall–Kier alpha value is -5.50. The molecule has 1 unspecified atom stereocenters. The SMILES string of the molecule is Cc1ccc(-c2cc(-c3ccccc3)cc(-c3cccc(-c4cc(-c5ccccc5)cc(-c5ccc(C6CN6)cc5)c4)c3)c2)cc1. The molecular weight excluding hydrogens is 555 g/mol. The van der Waals surface area contributed by atoms with Crippen molar-refractivity contribution in [2.75, 3.05) is 6.54 Å². The molecule has 1 nitrogen and oxygen atoms in total. The van der Waals surface area contributed by atoms with Gasteiger partial charge in [-0.1, -0.05) is 133 Å². The Balaban J connectivity index is 1.24. The van der Waals surface area contributed by atoms with E-state index in [4.69, 9.17) is 0 Å². The van der Waals surface area contributed by atoms with Crippen LogP contribution in [0.2, 0.25) is 0 Å². The Bertz CT molecular complexity index is 2120. The molecule has 1 saturated heterocycles. The summed E-state index contributed by atoms with van der Waals surface area (Å²) >= 11 is 0. The fraction of sp³-hybridized carbons (Fsp3) is 0.0667. The summed E-state index contributed by atoms with van der Waals surface area (Å²) < 4.78 is 0. The molecule has 1 N–H and O–H groups in total. The number of hydrogen-bond donors (Lipinski definition) is 1. The molecule has 7 aromatic rings. The van der Waals surface area contributed by atoms with Gasteiger partial charge in [-0.15, -0.1) is 0 Å². The monoisotopic (exact) mass is 589 g/mol. The van der Waals surface area contributed by atoms with Gasteiger partial charge in [0, 0.05) is 12.6 Å². The molecule has 46 heavy (non-hydrogen) atoms. The fourth-order valence-electron chi connectivity index (χ4n) is 6.34. The summed E-state index contributed by atoms with van der Waals surface area (Å²) in [6.45, 7) is 3.21. The van der Waals surface area contributed by atoms with Crippen LogP contribution in [0.3, 0.4) is 0 Å². The summed E-state index contributed by atoms with van der Waals surface area (Å²) in [5.41, 5.74) is 17.3. The van der Waals surface area contributed by atoms with E-state index in [-0.39, 0.29) is 0 Å². The smallest absolute Gasteiger partial charge is 0.0447 e. The van der Waals surface area contributed by atoms with E-state index in [1.165, 1.54) is 77.9 Å². The second kappa shape index (κ2) is 12.1. The number of aryl methyl sites for hydroxylation is 1. The first kappa shape index (κ1) is 28.0. The zero-order valence-corrected chi connectivity index (χ0v) is 26.0. The van der Waals surface area contributed by atoms with Crippen molar-refractivity contribution in [3.05, 3.63) is 181 Å². The van der Waals surface area contributed by atoms with Gasteiger partial charge in [0.25, 0.3) is 0 Å². The first-order chi connectivity index (χ1) is 22.7. The first-order valence-corrected chi connectivity index (χ1v) is 16.1. The van der Waals surface area contributed by atoms with Gasteiger partial charge < -0.3 is 5.32 Å². The van der Waals surface area contributed by atoms with E-state index in [0.29, 0.717) is 6.04 Å². The molecule has 0 radical (unpaired) electrons. The Morgan fingerprint density at radius 3 is 1.09 bits per heavy atom. The summed E-state index contributed by atoms with van der Waals surface area (Å²) in [7, 11) is 0. The molecule has 1 heterocycles. The average molecular weight is 590 g/mol. The van der Waals surface area contributed by atoms with Crippen molar-refractivity contribution in [2.45, 2.75) is 13.0 Å². The van der Waals surface area contributed by atoms with Crippen LogP contribution in [0.1, 0.15) is 17.2 Å². The van der Waals surface area contributed by atoms with Gasteiger partial charge in [0.1, 0.15) is 0 Å². The van der Waals surface area contributed by atoms with Gasteiger partial charge >= 0.3 is 0 Å². The van der Waals surface area contributed by atoms with Crippen molar-refractivity contribution in [3.8, 4) is 66.8 Å². The third-order valence-electron chi connectivity index (χ3n) is 9.05. The fourth-order valence-corrected chi connectivity index (χ4v) is 6.34. The van der Waals surface area contributed by atoms with Crippen LogP contribution in [-0.2, 0) is 0 Å². The van der Waals surface area contributed by atoms with Gasteiger partial charge in [-0.3, -0.25) is 0 Å². The second-order valence-electron chi connectivity index (χ2n) is 12.4. The molecule has 1 aliphatic rings. The Kier molecular flexibility index (Phi) is 7.38. The van der Waals surface area contributed by atoms with E-state index in [9.17, 15) is 0 Å². The highest BCUT2D eigenvalue weighted by Crippen LogP contribution is 2.37. The van der Waals surface area contributed by atoms with Gasteiger partial charge in [0.15, 0.2) is 0 Å². The third-order valence-corrected chi connectivity index (χ3v) is 9.05. The summed E-state index contributed by atoms with van der Waals surface area (Å²) in [5, 5.41) is 3.42. The van der Waals surface area contributed by atoms with Crippen LogP contribution < -0.4 is 5.32 Å². The van der Waals surface area contributed by atoms with Gasteiger partial charge in [0.05, 0.1) is 0 Å². The van der Waals surface area contributed by atoms with E-state index in [0.717, 1.165) is 6.54 Å². The van der Waals surface area contributed by atoms with Crippen LogP contribution in [0.15, 0.2) is 170 Å². The molecule has 220 valence electrons. The van der Waals surface area contributed by atoms with E-state index in [2.05, 4.69) is 182 Å². The van der Waals surface area contributed by atoms with Crippen LogP contribution in [0, 0.1) is 6.92 Å². The lowest BCUT2D eigenvalue weighted by Gasteiger charge is -2.14. The Morgan fingerprint density at radius 2 is 0.674 bits per heavy atom. The number of hydrogen-bond acceptors (Lipinski definition) is 1. The summed E-state index contributed by atoms with van der Waals surface area (Å²) in [6, 6.07) is 62.8. The lowest BCUT2D eigenvalue weighted by molar-refractivity contribution is 1.08.